The molecule has 1 rings (SSSR count). The van der Waals surface area contributed by atoms with Gasteiger partial charge in [-0.05, 0) is 50.9 Å². The zero-order chi connectivity index (χ0) is 14.1. The predicted octanol–water partition coefficient (Wildman–Crippen LogP) is 4.23. The van der Waals surface area contributed by atoms with Crippen molar-refractivity contribution in [2.75, 3.05) is 13.2 Å². The molecule has 0 amide bonds. The SMILES string of the molecule is C=CCCCOc1ccc(F)cc1C(C)NCCC. The van der Waals surface area contributed by atoms with Crippen molar-refractivity contribution in [3.05, 3.63) is 42.2 Å². The van der Waals surface area contributed by atoms with E-state index in [1.807, 2.05) is 13.0 Å². The first-order chi connectivity index (χ1) is 9.19. The van der Waals surface area contributed by atoms with Crippen LogP contribution < -0.4 is 10.1 Å². The molecule has 3 heteroatoms. The van der Waals surface area contributed by atoms with Gasteiger partial charge in [0.15, 0.2) is 0 Å². The number of nitrogens with one attached hydrogen (secondary N) is 1. The summed E-state index contributed by atoms with van der Waals surface area (Å²) in [7, 11) is 0. The molecule has 0 fully saturated rings. The summed E-state index contributed by atoms with van der Waals surface area (Å²) in [4.78, 5) is 0. The number of halogens is 1. The molecule has 0 saturated carbocycles. The first kappa shape index (κ1) is 15.7. The largest absolute Gasteiger partial charge is 0.493 e. The number of benzene rings is 1. The molecule has 1 unspecified atom stereocenters. The molecule has 0 bridgehead atoms. The van der Waals surface area contributed by atoms with E-state index >= 15 is 0 Å². The van der Waals surface area contributed by atoms with Crippen LogP contribution >= 0.6 is 0 Å². The second-order valence-corrected chi connectivity index (χ2v) is 4.64. The Hall–Kier alpha value is -1.35. The van der Waals surface area contributed by atoms with Crippen LogP contribution in [0.25, 0.3) is 0 Å². The number of hydrogen-bond acceptors (Lipinski definition) is 2. The Morgan fingerprint density at radius 1 is 1.47 bits per heavy atom. The van der Waals surface area contributed by atoms with E-state index in [9.17, 15) is 4.39 Å². The zero-order valence-electron chi connectivity index (χ0n) is 11.9. The van der Waals surface area contributed by atoms with Gasteiger partial charge in [-0.15, -0.1) is 6.58 Å². The Balaban J connectivity index is 2.70. The number of unbranched alkanes of at least 4 members (excludes halogenated alkanes) is 1. The van der Waals surface area contributed by atoms with Gasteiger partial charge in [0.1, 0.15) is 11.6 Å². The van der Waals surface area contributed by atoms with Gasteiger partial charge in [0.05, 0.1) is 6.61 Å². The predicted molar refractivity (Wildman–Crippen MR) is 78.0 cm³/mol. The molecule has 1 aromatic rings. The van der Waals surface area contributed by atoms with Gasteiger partial charge < -0.3 is 10.1 Å². The lowest BCUT2D eigenvalue weighted by molar-refractivity contribution is 0.305. The fraction of sp³-hybridized carbons (Fsp3) is 0.500. The van der Waals surface area contributed by atoms with Crippen LogP contribution in [0, 0.1) is 5.82 Å². The van der Waals surface area contributed by atoms with E-state index in [-0.39, 0.29) is 11.9 Å². The highest BCUT2D eigenvalue weighted by Crippen LogP contribution is 2.26. The first-order valence-corrected chi connectivity index (χ1v) is 6.95. The van der Waals surface area contributed by atoms with Crippen LogP contribution in [0.4, 0.5) is 4.39 Å². The maximum absolute atomic E-state index is 13.4. The normalized spacial score (nSPS) is 12.2. The zero-order valence-corrected chi connectivity index (χ0v) is 11.9. The van der Waals surface area contributed by atoms with Crippen molar-refractivity contribution in [2.45, 2.75) is 39.2 Å². The van der Waals surface area contributed by atoms with Gasteiger partial charge in [-0.25, -0.2) is 4.39 Å². The second-order valence-electron chi connectivity index (χ2n) is 4.64. The molecule has 1 N–H and O–H groups in total. The molecule has 0 aliphatic rings. The molecule has 1 atom stereocenters. The monoisotopic (exact) mass is 265 g/mol. The van der Waals surface area contributed by atoms with Gasteiger partial charge in [-0.2, -0.15) is 0 Å². The number of allylic oxidation sites excluding steroid dienone is 1. The molecular weight excluding hydrogens is 241 g/mol. The van der Waals surface area contributed by atoms with E-state index in [0.717, 1.165) is 37.1 Å². The summed E-state index contributed by atoms with van der Waals surface area (Å²) in [6.45, 7) is 9.36. The van der Waals surface area contributed by atoms with Crippen molar-refractivity contribution in [3.8, 4) is 5.75 Å². The van der Waals surface area contributed by atoms with Crippen LogP contribution in [0.1, 0.15) is 44.7 Å². The smallest absolute Gasteiger partial charge is 0.124 e. The molecule has 0 heterocycles. The minimum Gasteiger partial charge on any atom is -0.493 e. The van der Waals surface area contributed by atoms with Crippen molar-refractivity contribution in [3.63, 3.8) is 0 Å². The molecule has 2 nitrogen and oxygen atoms in total. The maximum atomic E-state index is 13.4. The summed E-state index contributed by atoms with van der Waals surface area (Å²) in [6.07, 6.45) is 4.78. The summed E-state index contributed by atoms with van der Waals surface area (Å²) in [5.41, 5.74) is 0.882. The van der Waals surface area contributed by atoms with Gasteiger partial charge in [0.2, 0.25) is 0 Å². The average molecular weight is 265 g/mol. The summed E-state index contributed by atoms with van der Waals surface area (Å²) >= 11 is 0. The molecule has 106 valence electrons. The van der Waals surface area contributed by atoms with E-state index in [2.05, 4.69) is 18.8 Å². The van der Waals surface area contributed by atoms with Gasteiger partial charge in [-0.3, -0.25) is 0 Å². The fourth-order valence-electron chi connectivity index (χ4n) is 1.87. The van der Waals surface area contributed by atoms with Crippen molar-refractivity contribution in [2.24, 2.45) is 0 Å². The summed E-state index contributed by atoms with van der Waals surface area (Å²) in [5.74, 6) is 0.542. The highest BCUT2D eigenvalue weighted by molar-refractivity contribution is 5.36. The topological polar surface area (TPSA) is 21.3 Å². The van der Waals surface area contributed by atoms with Crippen LogP contribution in [0.2, 0.25) is 0 Å². The van der Waals surface area contributed by atoms with Crippen molar-refractivity contribution >= 4 is 0 Å². The fourth-order valence-corrected chi connectivity index (χ4v) is 1.87. The number of rotatable bonds is 9. The molecule has 0 saturated heterocycles. The highest BCUT2D eigenvalue weighted by atomic mass is 19.1. The third kappa shape index (κ3) is 5.43. The lowest BCUT2D eigenvalue weighted by Crippen LogP contribution is -2.20. The molecule has 0 aliphatic heterocycles. The molecule has 19 heavy (non-hydrogen) atoms. The van der Waals surface area contributed by atoms with Gasteiger partial charge in [-0.1, -0.05) is 13.0 Å². The van der Waals surface area contributed by atoms with Crippen molar-refractivity contribution < 1.29 is 9.13 Å². The number of hydrogen-bond donors (Lipinski definition) is 1. The first-order valence-electron chi connectivity index (χ1n) is 6.95. The van der Waals surface area contributed by atoms with Crippen molar-refractivity contribution in [1.82, 2.24) is 5.32 Å². The Bertz CT molecular complexity index is 392. The molecular formula is C16H24FNO. The summed E-state index contributed by atoms with van der Waals surface area (Å²) in [6, 6.07) is 4.79. The standard InChI is InChI=1S/C16H24FNO/c1-4-6-7-11-19-16-9-8-14(17)12-15(16)13(3)18-10-5-2/h4,8-9,12-13,18H,1,5-7,10-11H2,2-3H3. The molecule has 0 radical (unpaired) electrons. The molecule has 0 spiro atoms. The minimum atomic E-state index is -0.224. The van der Waals surface area contributed by atoms with Gasteiger partial charge in [0, 0.05) is 11.6 Å². The van der Waals surface area contributed by atoms with E-state index in [1.165, 1.54) is 6.07 Å². The summed E-state index contributed by atoms with van der Waals surface area (Å²) < 4.78 is 19.1. The Morgan fingerprint density at radius 3 is 2.95 bits per heavy atom. The Labute approximate surface area is 115 Å². The van der Waals surface area contributed by atoms with Gasteiger partial charge in [0.25, 0.3) is 0 Å². The van der Waals surface area contributed by atoms with E-state index in [0.29, 0.717) is 6.61 Å². The third-order valence-corrected chi connectivity index (χ3v) is 2.95. The van der Waals surface area contributed by atoms with Crippen molar-refractivity contribution in [1.29, 1.82) is 0 Å². The maximum Gasteiger partial charge on any atom is 0.124 e. The van der Waals surface area contributed by atoms with E-state index in [4.69, 9.17) is 4.74 Å². The highest BCUT2D eigenvalue weighted by Gasteiger charge is 2.12. The van der Waals surface area contributed by atoms with Crippen LogP contribution in [-0.4, -0.2) is 13.2 Å². The van der Waals surface area contributed by atoms with Crippen LogP contribution in [0.5, 0.6) is 5.75 Å². The Morgan fingerprint density at radius 2 is 2.26 bits per heavy atom. The molecule has 0 aromatic heterocycles. The average Bonchev–Trinajstić information content (AvgIpc) is 2.42. The molecule has 0 aliphatic carbocycles. The van der Waals surface area contributed by atoms with Crippen LogP contribution in [0.3, 0.4) is 0 Å². The Kier molecular flexibility index (Phi) is 7.19. The lowest BCUT2D eigenvalue weighted by atomic mass is 10.1. The quantitative estimate of drug-likeness (QED) is 0.533. The molecule has 1 aromatic carbocycles. The van der Waals surface area contributed by atoms with Gasteiger partial charge >= 0.3 is 0 Å². The van der Waals surface area contributed by atoms with E-state index < -0.39 is 0 Å². The van der Waals surface area contributed by atoms with Crippen LogP contribution in [0.15, 0.2) is 30.9 Å². The van der Waals surface area contributed by atoms with E-state index in [1.54, 1.807) is 12.1 Å². The summed E-state index contributed by atoms with van der Waals surface area (Å²) in [5, 5.41) is 3.35. The second kappa shape index (κ2) is 8.70. The third-order valence-electron chi connectivity index (χ3n) is 2.95. The van der Waals surface area contributed by atoms with Crippen LogP contribution in [-0.2, 0) is 0 Å². The number of ether oxygens (including phenoxy) is 1. The minimum absolute atomic E-state index is 0.0880. The lowest BCUT2D eigenvalue weighted by Gasteiger charge is -2.18.